The van der Waals surface area contributed by atoms with Crippen LogP contribution in [0.3, 0.4) is 0 Å². The molecule has 2 atom stereocenters. The Morgan fingerprint density at radius 3 is 2.65 bits per heavy atom. The number of anilines is 1. The van der Waals surface area contributed by atoms with Gasteiger partial charge >= 0.3 is 0 Å². The van der Waals surface area contributed by atoms with Crippen molar-refractivity contribution in [3.8, 4) is 0 Å². The third-order valence-electron chi connectivity index (χ3n) is 3.82. The van der Waals surface area contributed by atoms with E-state index in [1.807, 2.05) is 19.2 Å². The summed E-state index contributed by atoms with van der Waals surface area (Å²) in [5.74, 6) is 0.848. The van der Waals surface area contributed by atoms with Crippen molar-refractivity contribution in [3.05, 3.63) is 24.0 Å². The maximum atomic E-state index is 9.69. The van der Waals surface area contributed by atoms with Gasteiger partial charge in [-0.1, -0.05) is 6.92 Å². The average molecular weight is 234 g/mol. The lowest BCUT2D eigenvalue weighted by Crippen LogP contribution is -2.30. The Balaban J connectivity index is 2.06. The number of aliphatic hydroxyl groups is 1. The monoisotopic (exact) mass is 234 g/mol. The summed E-state index contributed by atoms with van der Waals surface area (Å²) in [7, 11) is 2.12. The Kier molecular flexibility index (Phi) is 3.67. The molecule has 3 heteroatoms. The van der Waals surface area contributed by atoms with Crippen LogP contribution in [0, 0.1) is 5.92 Å². The van der Waals surface area contributed by atoms with E-state index in [-0.39, 0.29) is 0 Å². The maximum absolute atomic E-state index is 9.69. The summed E-state index contributed by atoms with van der Waals surface area (Å²) in [6.07, 6.45) is 4.85. The molecule has 2 rings (SSSR count). The van der Waals surface area contributed by atoms with Gasteiger partial charge in [0.25, 0.3) is 0 Å². The lowest BCUT2D eigenvalue weighted by Gasteiger charge is -2.27. The molecule has 0 bridgehead atoms. The van der Waals surface area contributed by atoms with Crippen LogP contribution in [0.2, 0.25) is 0 Å². The predicted molar refractivity (Wildman–Crippen MR) is 70.1 cm³/mol. The minimum absolute atomic E-state index is 0.435. The number of hydrogen-bond donors (Lipinski definition) is 1. The molecular formula is C14H22N2O. The quantitative estimate of drug-likeness (QED) is 0.851. The molecule has 1 saturated carbocycles. The van der Waals surface area contributed by atoms with Crippen molar-refractivity contribution in [3.63, 3.8) is 0 Å². The zero-order valence-corrected chi connectivity index (χ0v) is 10.9. The van der Waals surface area contributed by atoms with Crippen LogP contribution in [0.5, 0.6) is 0 Å². The highest BCUT2D eigenvalue weighted by Crippen LogP contribution is 2.36. The fraction of sp³-hybridized carbons (Fsp3) is 0.643. The summed E-state index contributed by atoms with van der Waals surface area (Å²) in [5.41, 5.74) is 1.90. The van der Waals surface area contributed by atoms with Gasteiger partial charge in [0.05, 0.1) is 23.7 Å². The van der Waals surface area contributed by atoms with Crippen LogP contribution in [0.25, 0.3) is 0 Å². The van der Waals surface area contributed by atoms with Gasteiger partial charge in [-0.2, -0.15) is 0 Å². The van der Waals surface area contributed by atoms with Crippen LogP contribution in [0.15, 0.2) is 18.3 Å². The molecular weight excluding hydrogens is 212 g/mol. The van der Waals surface area contributed by atoms with Gasteiger partial charge < -0.3 is 10.0 Å². The summed E-state index contributed by atoms with van der Waals surface area (Å²) in [4.78, 5) is 6.63. The molecule has 0 aliphatic heterocycles. The molecule has 1 fully saturated rings. The van der Waals surface area contributed by atoms with E-state index in [4.69, 9.17) is 0 Å². The van der Waals surface area contributed by atoms with Gasteiger partial charge in [-0.15, -0.1) is 0 Å². The molecule has 0 aromatic carbocycles. The minimum Gasteiger partial charge on any atom is -0.387 e. The summed E-state index contributed by atoms with van der Waals surface area (Å²) in [6, 6.07) is 4.57. The molecule has 0 amide bonds. The van der Waals surface area contributed by atoms with Crippen molar-refractivity contribution in [2.24, 2.45) is 5.92 Å². The Morgan fingerprint density at radius 2 is 2.18 bits per heavy atom. The Morgan fingerprint density at radius 1 is 1.47 bits per heavy atom. The molecule has 1 aliphatic rings. The molecule has 1 heterocycles. The first-order valence-corrected chi connectivity index (χ1v) is 6.50. The highest BCUT2D eigenvalue weighted by Gasteiger charge is 2.30. The summed E-state index contributed by atoms with van der Waals surface area (Å²) in [6.45, 7) is 4.23. The van der Waals surface area contributed by atoms with E-state index in [0.29, 0.717) is 12.5 Å². The first kappa shape index (κ1) is 12.4. The van der Waals surface area contributed by atoms with Gasteiger partial charge in [-0.05, 0) is 44.2 Å². The summed E-state index contributed by atoms with van der Waals surface area (Å²) >= 11 is 0. The van der Waals surface area contributed by atoms with E-state index in [1.165, 1.54) is 12.8 Å². The maximum Gasteiger partial charge on any atom is 0.0957 e. The van der Waals surface area contributed by atoms with Crippen molar-refractivity contribution >= 4 is 5.69 Å². The molecule has 0 spiro atoms. The molecule has 1 aliphatic carbocycles. The van der Waals surface area contributed by atoms with Crippen molar-refractivity contribution in [2.75, 3.05) is 11.9 Å². The number of aromatic nitrogens is 1. The van der Waals surface area contributed by atoms with Gasteiger partial charge in [-0.3, -0.25) is 4.98 Å². The van der Waals surface area contributed by atoms with Gasteiger partial charge in [0.1, 0.15) is 0 Å². The highest BCUT2D eigenvalue weighted by atomic mass is 16.3. The number of aliphatic hydroxyl groups excluding tert-OH is 1. The highest BCUT2D eigenvalue weighted by molar-refractivity contribution is 5.45. The third kappa shape index (κ3) is 2.78. The van der Waals surface area contributed by atoms with E-state index in [2.05, 4.69) is 29.9 Å². The van der Waals surface area contributed by atoms with E-state index < -0.39 is 6.10 Å². The summed E-state index contributed by atoms with van der Waals surface area (Å²) < 4.78 is 0. The Bertz CT molecular complexity index is 359. The molecule has 0 radical (unpaired) electrons. The van der Waals surface area contributed by atoms with Crippen LogP contribution in [-0.2, 0) is 0 Å². The molecule has 0 saturated heterocycles. The first-order valence-electron chi connectivity index (χ1n) is 6.50. The Hall–Kier alpha value is -1.09. The minimum atomic E-state index is -0.435. The van der Waals surface area contributed by atoms with Crippen molar-refractivity contribution < 1.29 is 5.11 Å². The van der Waals surface area contributed by atoms with Gasteiger partial charge in [0.15, 0.2) is 0 Å². The second kappa shape index (κ2) is 5.05. The molecule has 17 heavy (non-hydrogen) atoms. The molecule has 1 unspecified atom stereocenters. The molecule has 94 valence electrons. The lowest BCUT2D eigenvalue weighted by molar-refractivity contribution is 0.169. The second-order valence-corrected chi connectivity index (χ2v) is 5.05. The van der Waals surface area contributed by atoms with E-state index >= 15 is 0 Å². The van der Waals surface area contributed by atoms with Crippen LogP contribution in [0.1, 0.15) is 44.9 Å². The largest absolute Gasteiger partial charge is 0.387 e. The fourth-order valence-corrected chi connectivity index (χ4v) is 2.14. The predicted octanol–water partition coefficient (Wildman–Crippen LogP) is 2.76. The van der Waals surface area contributed by atoms with E-state index in [1.54, 1.807) is 0 Å². The van der Waals surface area contributed by atoms with E-state index in [0.717, 1.165) is 17.3 Å². The fourth-order valence-electron chi connectivity index (χ4n) is 2.14. The molecule has 3 nitrogen and oxygen atoms in total. The molecule has 1 N–H and O–H groups in total. The van der Waals surface area contributed by atoms with Crippen LogP contribution in [-0.4, -0.2) is 23.2 Å². The van der Waals surface area contributed by atoms with Gasteiger partial charge in [0.2, 0.25) is 0 Å². The van der Waals surface area contributed by atoms with Crippen LogP contribution in [0.4, 0.5) is 5.69 Å². The van der Waals surface area contributed by atoms with Gasteiger partial charge in [-0.25, -0.2) is 0 Å². The zero-order valence-electron chi connectivity index (χ0n) is 10.9. The first-order chi connectivity index (χ1) is 8.13. The standard InChI is InChI=1S/C14H22N2O/c1-4-14(17)13-8-7-12(9-15-13)16(3)10(2)11-5-6-11/h7-11,14,17H,4-6H2,1-3H3/t10?,14-/m1/s1. The van der Waals surface area contributed by atoms with Crippen LogP contribution >= 0.6 is 0 Å². The lowest BCUT2D eigenvalue weighted by atomic mass is 10.1. The number of nitrogens with zero attached hydrogens (tertiary/aromatic N) is 2. The zero-order chi connectivity index (χ0) is 12.4. The average Bonchev–Trinajstić information content (AvgIpc) is 3.20. The van der Waals surface area contributed by atoms with Crippen molar-refractivity contribution in [1.82, 2.24) is 4.98 Å². The number of rotatable bonds is 5. The topological polar surface area (TPSA) is 36.4 Å². The number of hydrogen-bond acceptors (Lipinski definition) is 3. The van der Waals surface area contributed by atoms with Gasteiger partial charge in [0, 0.05) is 13.1 Å². The molecule has 1 aromatic heterocycles. The van der Waals surface area contributed by atoms with E-state index in [9.17, 15) is 5.11 Å². The second-order valence-electron chi connectivity index (χ2n) is 5.05. The SMILES string of the molecule is CC[C@@H](O)c1ccc(N(C)C(C)C2CC2)cn1. The van der Waals surface area contributed by atoms with Crippen molar-refractivity contribution in [2.45, 2.75) is 45.3 Å². The summed E-state index contributed by atoms with van der Waals surface area (Å²) in [5, 5.41) is 9.69. The van der Waals surface area contributed by atoms with Crippen molar-refractivity contribution in [1.29, 1.82) is 0 Å². The number of pyridine rings is 1. The third-order valence-corrected chi connectivity index (χ3v) is 3.82. The smallest absolute Gasteiger partial charge is 0.0957 e. The Labute approximate surface area is 103 Å². The normalized spacial score (nSPS) is 18.8. The van der Waals surface area contributed by atoms with Crippen LogP contribution < -0.4 is 4.90 Å². The molecule has 1 aromatic rings.